The van der Waals surface area contributed by atoms with E-state index in [0.717, 1.165) is 42.6 Å². The van der Waals surface area contributed by atoms with Crippen LogP contribution < -0.4 is 15.4 Å². The molecule has 4 aromatic rings. The van der Waals surface area contributed by atoms with Crippen molar-refractivity contribution in [3.63, 3.8) is 0 Å². The topological polar surface area (TPSA) is 105 Å². The van der Waals surface area contributed by atoms with Crippen LogP contribution in [0.5, 0.6) is 5.75 Å². The van der Waals surface area contributed by atoms with Crippen LogP contribution in [0.3, 0.4) is 0 Å². The molecule has 0 saturated carbocycles. The number of benzene rings is 3. The van der Waals surface area contributed by atoms with E-state index < -0.39 is 11.7 Å². The van der Waals surface area contributed by atoms with Crippen LogP contribution in [0.25, 0.3) is 11.1 Å². The fourth-order valence-corrected chi connectivity index (χ4v) is 3.91. The summed E-state index contributed by atoms with van der Waals surface area (Å²) in [5.41, 5.74) is 2.21. The molecule has 0 bridgehead atoms. The van der Waals surface area contributed by atoms with Crippen molar-refractivity contribution < 1.29 is 22.7 Å². The molecule has 1 atom stereocenters. The number of ether oxygens (including phenoxy) is 1. The molecule has 3 N–H and O–H groups in total. The number of tetrazole rings is 1. The molecule has 0 fully saturated rings. The van der Waals surface area contributed by atoms with Crippen LogP contribution in [0, 0.1) is 0 Å². The SMILES string of the molecule is CCCC[C@@H](COc1ccc(-c2ccc(C(F)(F)F)cc2)cc1)Nc1ccc(C(=O)NCc2nn[nH]n2)cc1. The summed E-state index contributed by atoms with van der Waals surface area (Å²) in [7, 11) is 0. The molecule has 1 aromatic heterocycles. The van der Waals surface area contributed by atoms with E-state index in [1.165, 1.54) is 12.1 Å². The van der Waals surface area contributed by atoms with Gasteiger partial charge in [0.15, 0.2) is 5.82 Å². The highest BCUT2D eigenvalue weighted by Crippen LogP contribution is 2.31. The fraction of sp³-hybridized carbons (Fsp3) is 0.286. The normalized spacial score (nSPS) is 12.1. The van der Waals surface area contributed by atoms with E-state index in [0.29, 0.717) is 29.3 Å². The first kappa shape index (κ1) is 27.6. The Labute approximate surface area is 224 Å². The molecule has 1 heterocycles. The zero-order valence-corrected chi connectivity index (χ0v) is 21.3. The Morgan fingerprint density at radius 2 is 1.64 bits per heavy atom. The minimum atomic E-state index is -4.36. The van der Waals surface area contributed by atoms with E-state index in [9.17, 15) is 18.0 Å². The van der Waals surface area contributed by atoms with Gasteiger partial charge in [-0.25, -0.2) is 0 Å². The van der Waals surface area contributed by atoms with E-state index in [-0.39, 0.29) is 18.5 Å². The summed E-state index contributed by atoms with van der Waals surface area (Å²) >= 11 is 0. The van der Waals surface area contributed by atoms with Crippen LogP contribution in [0.1, 0.15) is 47.9 Å². The Hall–Kier alpha value is -4.41. The quantitative estimate of drug-likeness (QED) is 0.209. The molecule has 1 amide bonds. The average molecular weight is 539 g/mol. The minimum absolute atomic E-state index is 0.0393. The molecule has 4 rings (SSSR count). The second-order valence-corrected chi connectivity index (χ2v) is 8.98. The monoisotopic (exact) mass is 538 g/mol. The van der Waals surface area contributed by atoms with Gasteiger partial charge >= 0.3 is 6.18 Å². The van der Waals surface area contributed by atoms with Crippen LogP contribution in [0.4, 0.5) is 18.9 Å². The van der Waals surface area contributed by atoms with Crippen molar-refractivity contribution in [3.8, 4) is 16.9 Å². The summed E-state index contributed by atoms with van der Waals surface area (Å²) in [4.78, 5) is 12.4. The molecule has 0 spiro atoms. The first-order valence-corrected chi connectivity index (χ1v) is 12.6. The third kappa shape index (κ3) is 8.03. The van der Waals surface area contributed by atoms with Crippen molar-refractivity contribution in [1.82, 2.24) is 25.9 Å². The van der Waals surface area contributed by atoms with Crippen molar-refractivity contribution in [2.45, 2.75) is 44.9 Å². The minimum Gasteiger partial charge on any atom is -0.491 e. The van der Waals surface area contributed by atoms with Crippen LogP contribution in [-0.4, -0.2) is 39.2 Å². The highest BCUT2D eigenvalue weighted by molar-refractivity contribution is 5.94. The highest BCUT2D eigenvalue weighted by atomic mass is 19.4. The molecular formula is C28H29F3N6O2. The number of H-pyrrole nitrogens is 1. The molecule has 0 unspecified atom stereocenters. The number of anilines is 1. The number of halogens is 3. The summed E-state index contributed by atoms with van der Waals surface area (Å²) in [6.07, 6.45) is -1.40. The van der Waals surface area contributed by atoms with E-state index in [1.54, 1.807) is 12.1 Å². The third-order valence-corrected chi connectivity index (χ3v) is 6.07. The predicted octanol–water partition coefficient (Wildman–Crippen LogP) is 5.87. The Balaban J connectivity index is 1.31. The van der Waals surface area contributed by atoms with Gasteiger partial charge in [-0.2, -0.15) is 18.4 Å². The molecule has 8 nitrogen and oxygen atoms in total. The zero-order chi connectivity index (χ0) is 27.7. The number of amides is 1. The van der Waals surface area contributed by atoms with Gasteiger partial charge in [0, 0.05) is 11.3 Å². The van der Waals surface area contributed by atoms with Crippen molar-refractivity contribution >= 4 is 11.6 Å². The first-order valence-electron chi connectivity index (χ1n) is 12.6. The van der Waals surface area contributed by atoms with Crippen molar-refractivity contribution in [2.24, 2.45) is 0 Å². The number of nitrogens with zero attached hydrogens (tertiary/aromatic N) is 3. The Morgan fingerprint density at radius 3 is 2.23 bits per heavy atom. The third-order valence-electron chi connectivity index (χ3n) is 6.07. The maximum absolute atomic E-state index is 12.8. The molecular weight excluding hydrogens is 509 g/mol. The average Bonchev–Trinajstić information content (AvgIpc) is 3.47. The number of aromatic nitrogens is 4. The van der Waals surface area contributed by atoms with Gasteiger partial charge in [0.2, 0.25) is 0 Å². The van der Waals surface area contributed by atoms with Crippen LogP contribution in [0.15, 0.2) is 72.8 Å². The van der Waals surface area contributed by atoms with Crippen LogP contribution in [-0.2, 0) is 12.7 Å². The second kappa shape index (κ2) is 12.9. The lowest BCUT2D eigenvalue weighted by Crippen LogP contribution is -2.27. The zero-order valence-electron chi connectivity index (χ0n) is 21.3. The lowest BCUT2D eigenvalue weighted by atomic mass is 10.0. The van der Waals surface area contributed by atoms with Gasteiger partial charge in [-0.1, -0.05) is 49.2 Å². The summed E-state index contributed by atoms with van der Waals surface area (Å²) in [6, 6.07) is 19.6. The van der Waals surface area contributed by atoms with Gasteiger partial charge in [0.25, 0.3) is 5.91 Å². The number of carbonyl (C=O) groups is 1. The molecule has 0 aliphatic carbocycles. The predicted molar refractivity (Wildman–Crippen MR) is 141 cm³/mol. The Bertz CT molecular complexity index is 1310. The summed E-state index contributed by atoms with van der Waals surface area (Å²) < 4.78 is 44.5. The molecule has 0 aliphatic rings. The Morgan fingerprint density at radius 1 is 0.974 bits per heavy atom. The maximum Gasteiger partial charge on any atom is 0.416 e. The number of unbranched alkanes of at least 4 members (excludes halogenated alkanes) is 1. The number of hydrogen-bond acceptors (Lipinski definition) is 6. The van der Waals surface area contributed by atoms with Gasteiger partial charge in [-0.3, -0.25) is 4.79 Å². The van der Waals surface area contributed by atoms with E-state index in [1.807, 2.05) is 36.4 Å². The number of alkyl halides is 3. The van der Waals surface area contributed by atoms with Gasteiger partial charge < -0.3 is 15.4 Å². The largest absolute Gasteiger partial charge is 0.491 e. The number of hydrogen-bond donors (Lipinski definition) is 3. The molecule has 3 aromatic carbocycles. The number of carbonyl (C=O) groups excluding carboxylic acids is 1. The highest BCUT2D eigenvalue weighted by Gasteiger charge is 2.29. The van der Waals surface area contributed by atoms with Crippen molar-refractivity contribution in [3.05, 3.63) is 89.7 Å². The lowest BCUT2D eigenvalue weighted by Gasteiger charge is -2.21. The lowest BCUT2D eigenvalue weighted by molar-refractivity contribution is -0.137. The van der Waals surface area contributed by atoms with Crippen molar-refractivity contribution in [2.75, 3.05) is 11.9 Å². The molecule has 0 aliphatic heterocycles. The summed E-state index contributed by atoms with van der Waals surface area (Å²) in [6.45, 7) is 2.73. The van der Waals surface area contributed by atoms with Gasteiger partial charge in [0.05, 0.1) is 18.2 Å². The number of rotatable bonds is 12. The molecule has 204 valence electrons. The van der Waals surface area contributed by atoms with Gasteiger partial charge in [-0.15, -0.1) is 10.2 Å². The number of nitrogens with one attached hydrogen (secondary N) is 3. The number of aromatic amines is 1. The summed E-state index contributed by atoms with van der Waals surface area (Å²) in [5.74, 6) is 0.828. The molecule has 0 saturated heterocycles. The van der Waals surface area contributed by atoms with Gasteiger partial charge in [-0.05, 0) is 66.1 Å². The van der Waals surface area contributed by atoms with E-state index in [2.05, 4.69) is 38.2 Å². The van der Waals surface area contributed by atoms with E-state index >= 15 is 0 Å². The summed E-state index contributed by atoms with van der Waals surface area (Å²) in [5, 5.41) is 19.6. The van der Waals surface area contributed by atoms with Crippen LogP contribution in [0.2, 0.25) is 0 Å². The van der Waals surface area contributed by atoms with Crippen LogP contribution >= 0.6 is 0 Å². The van der Waals surface area contributed by atoms with Crippen molar-refractivity contribution in [1.29, 1.82) is 0 Å². The molecule has 0 radical (unpaired) electrons. The standard InChI is InChI=1S/C28H29F3N6O2/c1-2-3-4-24(33-23-13-7-21(8-14-23)27(38)32-17-26-34-36-37-35-26)18-39-25-15-9-20(10-16-25)19-5-11-22(12-6-19)28(29,30)31/h5-16,24,33H,2-4,17-18H2,1H3,(H,32,38)(H,34,35,36,37)/t24-/m0/s1. The smallest absolute Gasteiger partial charge is 0.416 e. The molecule has 39 heavy (non-hydrogen) atoms. The fourth-order valence-electron chi connectivity index (χ4n) is 3.91. The Kier molecular flexibility index (Phi) is 9.14. The molecule has 11 heteroatoms. The maximum atomic E-state index is 12.8. The van der Waals surface area contributed by atoms with E-state index in [4.69, 9.17) is 4.74 Å². The first-order chi connectivity index (χ1) is 18.8. The second-order valence-electron chi connectivity index (χ2n) is 8.98. The van der Waals surface area contributed by atoms with Gasteiger partial charge in [0.1, 0.15) is 12.4 Å².